The van der Waals surface area contributed by atoms with Crippen LogP contribution < -0.4 is 10.6 Å². The summed E-state index contributed by atoms with van der Waals surface area (Å²) < 4.78 is 0. The molecule has 0 aliphatic heterocycles. The van der Waals surface area contributed by atoms with Gasteiger partial charge in [0.1, 0.15) is 6.04 Å². The second-order valence-corrected chi connectivity index (χ2v) is 3.11. The van der Waals surface area contributed by atoms with Gasteiger partial charge >= 0.3 is 0 Å². The number of nitriles is 1. The average molecular weight is 203 g/mol. The summed E-state index contributed by atoms with van der Waals surface area (Å²) in [4.78, 5) is 11.4. The van der Waals surface area contributed by atoms with Crippen LogP contribution in [-0.2, 0) is 11.2 Å². The predicted octanol–water partition coefficient (Wildman–Crippen LogP) is 0.414. The zero-order valence-corrected chi connectivity index (χ0v) is 8.53. The molecule has 1 aromatic rings. The first-order chi connectivity index (χ1) is 7.27. The minimum absolute atomic E-state index is 0.180. The average Bonchev–Trinajstić information content (AvgIpc) is 2.29. The van der Waals surface area contributed by atoms with Gasteiger partial charge < -0.3 is 10.6 Å². The molecule has 4 heteroatoms. The Morgan fingerprint density at radius 2 is 2.13 bits per heavy atom. The Kier molecular flexibility index (Phi) is 4.17. The standard InChI is InChI=1S/C11H13N3O/c1-13-11(15)10(14-8-12)7-9-5-3-2-4-6-9/h2-6,10,14H,7H2,1H3,(H,13,15)/t10-/m0/s1. The van der Waals surface area contributed by atoms with E-state index in [0.29, 0.717) is 6.42 Å². The Morgan fingerprint density at radius 3 is 2.67 bits per heavy atom. The molecule has 0 heterocycles. The van der Waals surface area contributed by atoms with E-state index in [9.17, 15) is 4.79 Å². The highest BCUT2D eigenvalue weighted by Crippen LogP contribution is 2.02. The van der Waals surface area contributed by atoms with Crippen molar-refractivity contribution in [3.8, 4) is 6.19 Å². The van der Waals surface area contributed by atoms with Gasteiger partial charge in [-0.25, -0.2) is 0 Å². The summed E-state index contributed by atoms with van der Waals surface area (Å²) in [5.41, 5.74) is 1.02. The third-order valence-electron chi connectivity index (χ3n) is 2.08. The summed E-state index contributed by atoms with van der Waals surface area (Å²) >= 11 is 0. The van der Waals surface area contributed by atoms with Crippen molar-refractivity contribution in [2.24, 2.45) is 0 Å². The van der Waals surface area contributed by atoms with Gasteiger partial charge in [-0.3, -0.25) is 4.79 Å². The molecular weight excluding hydrogens is 190 g/mol. The van der Waals surface area contributed by atoms with Crippen molar-refractivity contribution in [2.75, 3.05) is 7.05 Å². The highest BCUT2D eigenvalue weighted by molar-refractivity contribution is 5.82. The van der Waals surface area contributed by atoms with E-state index in [1.807, 2.05) is 30.3 Å². The van der Waals surface area contributed by atoms with Gasteiger partial charge in [-0.15, -0.1) is 0 Å². The molecule has 0 bridgehead atoms. The monoisotopic (exact) mass is 203 g/mol. The molecular formula is C11H13N3O. The van der Waals surface area contributed by atoms with Gasteiger partial charge in [-0.2, -0.15) is 5.26 Å². The Bertz CT molecular complexity index is 356. The zero-order chi connectivity index (χ0) is 11.1. The van der Waals surface area contributed by atoms with Gasteiger partial charge in [-0.1, -0.05) is 30.3 Å². The van der Waals surface area contributed by atoms with Crippen LogP contribution in [0.25, 0.3) is 0 Å². The fourth-order valence-corrected chi connectivity index (χ4v) is 1.31. The Balaban J connectivity index is 2.68. The summed E-state index contributed by atoms with van der Waals surface area (Å²) in [6.07, 6.45) is 2.30. The molecule has 0 saturated heterocycles. The van der Waals surface area contributed by atoms with Crippen LogP contribution in [0.15, 0.2) is 30.3 Å². The molecule has 0 saturated carbocycles. The summed E-state index contributed by atoms with van der Waals surface area (Å²) in [7, 11) is 1.55. The summed E-state index contributed by atoms with van der Waals surface area (Å²) in [6.45, 7) is 0. The first kappa shape index (κ1) is 11.1. The van der Waals surface area contributed by atoms with Crippen molar-refractivity contribution >= 4 is 5.91 Å². The minimum atomic E-state index is -0.498. The molecule has 2 N–H and O–H groups in total. The molecule has 0 unspecified atom stereocenters. The molecule has 1 atom stereocenters. The number of hydrogen-bond donors (Lipinski definition) is 2. The first-order valence-corrected chi connectivity index (χ1v) is 4.68. The quantitative estimate of drug-likeness (QED) is 0.550. The van der Waals surface area contributed by atoms with Crippen molar-refractivity contribution in [2.45, 2.75) is 12.5 Å². The Morgan fingerprint density at radius 1 is 1.47 bits per heavy atom. The first-order valence-electron chi connectivity index (χ1n) is 4.68. The topological polar surface area (TPSA) is 64.9 Å². The lowest BCUT2D eigenvalue weighted by Gasteiger charge is -2.13. The second kappa shape index (κ2) is 5.66. The summed E-state index contributed by atoms with van der Waals surface area (Å²) in [5, 5.41) is 13.5. The second-order valence-electron chi connectivity index (χ2n) is 3.11. The highest BCUT2D eigenvalue weighted by atomic mass is 16.2. The van der Waals surface area contributed by atoms with Crippen molar-refractivity contribution in [3.63, 3.8) is 0 Å². The maximum Gasteiger partial charge on any atom is 0.243 e. The van der Waals surface area contributed by atoms with E-state index in [2.05, 4.69) is 10.6 Å². The lowest BCUT2D eigenvalue weighted by atomic mass is 10.1. The van der Waals surface area contributed by atoms with E-state index >= 15 is 0 Å². The number of nitrogens with zero attached hydrogens (tertiary/aromatic N) is 1. The Hall–Kier alpha value is -2.02. The van der Waals surface area contributed by atoms with Crippen LogP contribution >= 0.6 is 0 Å². The smallest absolute Gasteiger partial charge is 0.243 e. The number of nitrogens with one attached hydrogen (secondary N) is 2. The van der Waals surface area contributed by atoms with Crippen LogP contribution in [0.1, 0.15) is 5.56 Å². The summed E-state index contributed by atoms with van der Waals surface area (Å²) in [6, 6.07) is 9.08. The van der Waals surface area contributed by atoms with Crippen LogP contribution in [0.4, 0.5) is 0 Å². The van der Waals surface area contributed by atoms with Gasteiger partial charge in [0.2, 0.25) is 5.91 Å². The van der Waals surface area contributed by atoms with Crippen molar-refractivity contribution < 1.29 is 4.79 Å². The van der Waals surface area contributed by atoms with Gasteiger partial charge in [0.25, 0.3) is 0 Å². The van der Waals surface area contributed by atoms with Gasteiger partial charge in [0.05, 0.1) is 0 Å². The number of likely N-dealkylation sites (N-methyl/N-ethyl adjacent to an activating group) is 1. The fraction of sp³-hybridized carbons (Fsp3) is 0.273. The molecule has 1 amide bonds. The number of carbonyl (C=O) groups excluding carboxylic acids is 1. The number of benzene rings is 1. The van der Waals surface area contributed by atoms with Crippen LogP contribution in [0, 0.1) is 11.5 Å². The molecule has 0 radical (unpaired) electrons. The lowest BCUT2D eigenvalue weighted by Crippen LogP contribution is -2.42. The molecule has 1 rings (SSSR count). The number of rotatable bonds is 4. The maximum absolute atomic E-state index is 11.4. The zero-order valence-electron chi connectivity index (χ0n) is 8.53. The Labute approximate surface area is 88.9 Å². The SMILES string of the molecule is CNC(=O)[C@H](Cc1ccccc1)NC#N. The lowest BCUT2D eigenvalue weighted by molar-refractivity contribution is -0.122. The van der Waals surface area contributed by atoms with E-state index in [4.69, 9.17) is 5.26 Å². The van der Waals surface area contributed by atoms with Crippen LogP contribution in [0.2, 0.25) is 0 Å². The van der Waals surface area contributed by atoms with Crippen LogP contribution in [0.5, 0.6) is 0 Å². The van der Waals surface area contributed by atoms with E-state index in [-0.39, 0.29) is 5.91 Å². The molecule has 0 aliphatic carbocycles. The largest absolute Gasteiger partial charge is 0.357 e. The third-order valence-corrected chi connectivity index (χ3v) is 2.08. The van der Waals surface area contributed by atoms with Gasteiger partial charge in [0, 0.05) is 13.5 Å². The van der Waals surface area contributed by atoms with Crippen molar-refractivity contribution in [1.82, 2.24) is 10.6 Å². The maximum atomic E-state index is 11.4. The molecule has 15 heavy (non-hydrogen) atoms. The van der Waals surface area contributed by atoms with Crippen molar-refractivity contribution in [1.29, 1.82) is 5.26 Å². The summed E-state index contributed by atoms with van der Waals surface area (Å²) in [5.74, 6) is -0.180. The predicted molar refractivity (Wildman–Crippen MR) is 56.7 cm³/mol. The van der Waals surface area contributed by atoms with E-state index in [1.165, 1.54) is 0 Å². The molecule has 0 aliphatic rings. The normalized spacial score (nSPS) is 11.2. The molecule has 0 aromatic heterocycles. The molecule has 0 fully saturated rings. The third kappa shape index (κ3) is 3.31. The van der Waals surface area contributed by atoms with Gasteiger partial charge in [0.15, 0.2) is 6.19 Å². The van der Waals surface area contributed by atoms with E-state index < -0.39 is 6.04 Å². The number of hydrogen-bond acceptors (Lipinski definition) is 3. The molecule has 0 spiro atoms. The van der Waals surface area contributed by atoms with Crippen LogP contribution in [0.3, 0.4) is 0 Å². The van der Waals surface area contributed by atoms with Crippen molar-refractivity contribution in [3.05, 3.63) is 35.9 Å². The number of amides is 1. The molecule has 78 valence electrons. The fourth-order valence-electron chi connectivity index (χ4n) is 1.31. The molecule has 4 nitrogen and oxygen atoms in total. The van der Waals surface area contributed by atoms with Crippen LogP contribution in [-0.4, -0.2) is 19.0 Å². The van der Waals surface area contributed by atoms with E-state index in [1.54, 1.807) is 13.2 Å². The molecule has 1 aromatic carbocycles. The van der Waals surface area contributed by atoms with Gasteiger partial charge in [-0.05, 0) is 5.56 Å². The van der Waals surface area contributed by atoms with E-state index in [0.717, 1.165) is 5.56 Å². The highest BCUT2D eigenvalue weighted by Gasteiger charge is 2.16. The minimum Gasteiger partial charge on any atom is -0.357 e. The number of carbonyl (C=O) groups is 1.